The highest BCUT2D eigenvalue weighted by Gasteiger charge is 2.51. The van der Waals surface area contributed by atoms with Crippen LogP contribution in [0, 0.1) is 11.8 Å². The topological polar surface area (TPSA) is 208 Å². The Morgan fingerprint density at radius 1 is 0.529 bits per heavy atom. The van der Waals surface area contributed by atoms with E-state index in [9.17, 15) is 40.9 Å². The van der Waals surface area contributed by atoms with E-state index in [-0.39, 0.29) is 0 Å². The molecule has 15 atom stereocenters. The predicted molar refractivity (Wildman–Crippen MR) is 111 cm³/mol. The second kappa shape index (κ2) is 11.7. The van der Waals surface area contributed by atoms with E-state index in [4.69, 9.17) is 23.7 Å². The van der Waals surface area contributed by atoms with Crippen LogP contribution < -0.4 is 0 Å². The van der Waals surface area contributed by atoms with Crippen LogP contribution in [0.3, 0.4) is 0 Å². The number of ether oxygens (including phenoxy) is 5. The molecular formula is C21H38O13. The molecule has 0 radical (unpaired) electrons. The van der Waals surface area contributed by atoms with Crippen LogP contribution in [0.2, 0.25) is 0 Å². The zero-order chi connectivity index (χ0) is 25.3. The molecular weight excluding hydrogens is 460 g/mol. The summed E-state index contributed by atoms with van der Waals surface area (Å²) in [6, 6.07) is 0. The molecule has 200 valence electrons. The highest BCUT2D eigenvalue weighted by molar-refractivity contribution is 4.95. The van der Waals surface area contributed by atoms with Crippen LogP contribution in [0.1, 0.15) is 20.8 Å². The maximum Gasteiger partial charge on any atom is 0.187 e. The molecule has 0 aliphatic carbocycles. The number of hydrogen-bond acceptors (Lipinski definition) is 13. The number of rotatable bonds is 7. The lowest BCUT2D eigenvalue weighted by atomic mass is 9.89. The van der Waals surface area contributed by atoms with E-state index < -0.39 is 111 Å². The minimum atomic E-state index is -1.47. The molecule has 34 heavy (non-hydrogen) atoms. The van der Waals surface area contributed by atoms with Crippen molar-refractivity contribution in [1.29, 1.82) is 0 Å². The average molecular weight is 499 g/mol. The first-order valence-corrected chi connectivity index (χ1v) is 11.6. The van der Waals surface area contributed by atoms with Gasteiger partial charge in [-0.15, -0.1) is 0 Å². The fourth-order valence-electron chi connectivity index (χ4n) is 4.69. The van der Waals surface area contributed by atoms with Crippen molar-refractivity contribution in [1.82, 2.24) is 0 Å². The van der Waals surface area contributed by atoms with Crippen LogP contribution in [-0.2, 0) is 23.7 Å². The molecule has 3 heterocycles. The third kappa shape index (κ3) is 5.42. The minimum Gasteiger partial charge on any atom is -0.394 e. The summed E-state index contributed by atoms with van der Waals surface area (Å²) in [4.78, 5) is 0. The molecule has 0 bridgehead atoms. The van der Waals surface area contributed by atoms with E-state index in [1.165, 1.54) is 0 Å². The maximum atomic E-state index is 10.9. The van der Waals surface area contributed by atoms with Crippen molar-refractivity contribution >= 4 is 0 Å². The Labute approximate surface area is 197 Å². The van der Waals surface area contributed by atoms with Crippen LogP contribution in [0.4, 0.5) is 0 Å². The summed E-state index contributed by atoms with van der Waals surface area (Å²) < 4.78 is 28.4. The van der Waals surface area contributed by atoms with Gasteiger partial charge in [-0.1, -0.05) is 13.8 Å². The van der Waals surface area contributed by atoms with Gasteiger partial charge in [0, 0.05) is 11.8 Å². The SMILES string of the molecule is CC1OC(CO)C(O)C(O)C1OC1OC(CO)C(OC2OC(CO)C(C)C(O)C2O)C(O)C1C. The molecule has 3 saturated heterocycles. The molecule has 3 aliphatic rings. The van der Waals surface area contributed by atoms with E-state index in [1.54, 1.807) is 20.8 Å². The summed E-state index contributed by atoms with van der Waals surface area (Å²) in [7, 11) is 0. The molecule has 13 nitrogen and oxygen atoms in total. The molecule has 3 rings (SSSR count). The zero-order valence-corrected chi connectivity index (χ0v) is 19.4. The Kier molecular flexibility index (Phi) is 9.64. The molecule has 0 aromatic heterocycles. The Bertz CT molecular complexity index is 636. The third-order valence-electron chi connectivity index (χ3n) is 7.08. The van der Waals surface area contributed by atoms with Gasteiger partial charge in [-0.2, -0.15) is 0 Å². The van der Waals surface area contributed by atoms with Crippen molar-refractivity contribution in [2.75, 3.05) is 19.8 Å². The van der Waals surface area contributed by atoms with Crippen LogP contribution in [0.5, 0.6) is 0 Å². The summed E-state index contributed by atoms with van der Waals surface area (Å²) in [6.07, 6.45) is -15.2. The van der Waals surface area contributed by atoms with Gasteiger partial charge in [0.15, 0.2) is 12.6 Å². The van der Waals surface area contributed by atoms with Crippen molar-refractivity contribution in [3.63, 3.8) is 0 Å². The number of aliphatic hydroxyl groups is 8. The number of hydrogen-bond donors (Lipinski definition) is 8. The lowest BCUT2D eigenvalue weighted by Gasteiger charge is -2.48. The Hall–Kier alpha value is -0.520. The van der Waals surface area contributed by atoms with E-state index in [0.29, 0.717) is 0 Å². The van der Waals surface area contributed by atoms with Crippen LogP contribution in [0.25, 0.3) is 0 Å². The molecule has 0 aromatic carbocycles. The van der Waals surface area contributed by atoms with Crippen molar-refractivity contribution in [3.05, 3.63) is 0 Å². The minimum absolute atomic E-state index is 0.419. The monoisotopic (exact) mass is 498 g/mol. The smallest absolute Gasteiger partial charge is 0.187 e. The first-order chi connectivity index (χ1) is 16.0. The molecule has 3 aliphatic heterocycles. The number of aliphatic hydroxyl groups excluding tert-OH is 8. The highest BCUT2D eigenvalue weighted by Crippen LogP contribution is 2.35. The van der Waals surface area contributed by atoms with E-state index in [1.807, 2.05) is 0 Å². The van der Waals surface area contributed by atoms with Gasteiger partial charge in [-0.25, -0.2) is 0 Å². The average Bonchev–Trinajstić information content (AvgIpc) is 2.83. The van der Waals surface area contributed by atoms with Gasteiger partial charge >= 0.3 is 0 Å². The van der Waals surface area contributed by atoms with E-state index >= 15 is 0 Å². The predicted octanol–water partition coefficient (Wildman–Crippen LogP) is -3.95. The first kappa shape index (κ1) is 28.1. The fourth-order valence-corrected chi connectivity index (χ4v) is 4.69. The van der Waals surface area contributed by atoms with Crippen molar-refractivity contribution in [2.24, 2.45) is 11.8 Å². The van der Waals surface area contributed by atoms with Crippen LogP contribution >= 0.6 is 0 Å². The van der Waals surface area contributed by atoms with E-state index in [2.05, 4.69) is 0 Å². The summed E-state index contributed by atoms with van der Waals surface area (Å²) >= 11 is 0. The van der Waals surface area contributed by atoms with Gasteiger partial charge in [0.2, 0.25) is 0 Å². The van der Waals surface area contributed by atoms with Gasteiger partial charge in [0.05, 0.1) is 44.2 Å². The van der Waals surface area contributed by atoms with Crippen molar-refractivity contribution < 1.29 is 64.5 Å². The lowest BCUT2D eigenvalue weighted by Crippen LogP contribution is -2.64. The Morgan fingerprint density at radius 3 is 1.68 bits per heavy atom. The quantitative estimate of drug-likeness (QED) is 0.169. The lowest BCUT2D eigenvalue weighted by molar-refractivity contribution is -0.362. The largest absolute Gasteiger partial charge is 0.394 e. The molecule has 0 spiro atoms. The summed E-state index contributed by atoms with van der Waals surface area (Å²) in [6.45, 7) is 3.26. The normalized spacial score (nSPS) is 52.5. The summed E-state index contributed by atoms with van der Waals surface area (Å²) in [5.41, 5.74) is 0. The maximum absolute atomic E-state index is 10.9. The standard InChI is InChI=1S/C21H38O13/c1-7-10(4-22)31-21(17(29)13(7)25)34-19-12(6-24)32-20(8(2)14(19)26)33-18-9(3)30-11(5-23)15(27)16(18)28/h7-29H,4-6H2,1-3H3. The molecule has 0 amide bonds. The molecule has 13 heteroatoms. The fraction of sp³-hybridized carbons (Fsp3) is 1.00. The van der Waals surface area contributed by atoms with Gasteiger partial charge in [-0.3, -0.25) is 0 Å². The molecule has 15 unspecified atom stereocenters. The Balaban J connectivity index is 1.70. The zero-order valence-electron chi connectivity index (χ0n) is 19.4. The Morgan fingerprint density at radius 2 is 1.09 bits per heavy atom. The van der Waals surface area contributed by atoms with Crippen LogP contribution in [0.15, 0.2) is 0 Å². The summed E-state index contributed by atoms with van der Waals surface area (Å²) in [5.74, 6) is -1.33. The van der Waals surface area contributed by atoms with Gasteiger partial charge < -0.3 is 64.5 Å². The molecule has 0 saturated carbocycles. The first-order valence-electron chi connectivity index (χ1n) is 11.6. The van der Waals surface area contributed by atoms with Gasteiger partial charge in [-0.05, 0) is 6.92 Å². The second-order valence-electron chi connectivity index (χ2n) is 9.39. The summed E-state index contributed by atoms with van der Waals surface area (Å²) in [5, 5.41) is 80.9. The highest BCUT2D eigenvalue weighted by atomic mass is 16.7. The van der Waals surface area contributed by atoms with Crippen molar-refractivity contribution in [3.8, 4) is 0 Å². The van der Waals surface area contributed by atoms with Gasteiger partial charge in [0.25, 0.3) is 0 Å². The molecule has 3 fully saturated rings. The van der Waals surface area contributed by atoms with Crippen molar-refractivity contribution in [2.45, 2.75) is 100 Å². The molecule has 0 aromatic rings. The van der Waals surface area contributed by atoms with E-state index in [0.717, 1.165) is 0 Å². The second-order valence-corrected chi connectivity index (χ2v) is 9.39. The van der Waals surface area contributed by atoms with Crippen LogP contribution in [-0.4, -0.2) is 140 Å². The van der Waals surface area contributed by atoms with Gasteiger partial charge in [0.1, 0.15) is 42.7 Å². The molecule has 8 N–H and O–H groups in total. The third-order valence-corrected chi connectivity index (χ3v) is 7.08.